The second-order valence-electron chi connectivity index (χ2n) is 5.60. The summed E-state index contributed by atoms with van der Waals surface area (Å²) in [5, 5.41) is 1.27. The summed E-state index contributed by atoms with van der Waals surface area (Å²) in [6.45, 7) is 5.44. The molecule has 0 radical (unpaired) electrons. The maximum atomic E-state index is 3.27. The first kappa shape index (κ1) is 14.2. The molecule has 0 aliphatic heterocycles. The van der Waals surface area contributed by atoms with Crippen LogP contribution in [0.3, 0.4) is 0 Å². The van der Waals surface area contributed by atoms with E-state index in [1.807, 2.05) is 17.5 Å². The molecule has 2 nitrogen and oxygen atoms in total. The number of rotatable bonds is 3. The molecule has 0 fully saturated rings. The summed E-state index contributed by atoms with van der Waals surface area (Å²) in [5.41, 5.74) is 6.65. The summed E-state index contributed by atoms with van der Waals surface area (Å²) >= 11 is 3.43. The van der Waals surface area contributed by atoms with Crippen LogP contribution in [0.1, 0.15) is 10.4 Å². The van der Waals surface area contributed by atoms with E-state index in [9.17, 15) is 0 Å². The number of nitrogens with one attached hydrogen (secondary N) is 1. The second-order valence-corrected chi connectivity index (χ2v) is 8.06. The van der Waals surface area contributed by atoms with Crippen molar-refractivity contribution in [3.63, 3.8) is 0 Å². The molecule has 110 valence electrons. The van der Waals surface area contributed by atoms with E-state index >= 15 is 0 Å². The molecule has 3 aromatic heterocycles. The summed E-state index contributed by atoms with van der Waals surface area (Å²) in [6, 6.07) is 11.2. The van der Waals surface area contributed by atoms with Crippen LogP contribution in [0.5, 0.6) is 0 Å². The van der Waals surface area contributed by atoms with Gasteiger partial charge in [-0.05, 0) is 0 Å². The van der Waals surface area contributed by atoms with Crippen molar-refractivity contribution in [2.24, 2.45) is 0 Å². The molecule has 4 heteroatoms. The van der Waals surface area contributed by atoms with Gasteiger partial charge in [-0.15, -0.1) is 0 Å². The van der Waals surface area contributed by atoms with Crippen molar-refractivity contribution in [1.82, 2.24) is 9.55 Å². The molecule has 22 heavy (non-hydrogen) atoms. The van der Waals surface area contributed by atoms with Gasteiger partial charge < -0.3 is 0 Å². The number of fused-ring (bicyclic) bond motifs is 2. The van der Waals surface area contributed by atoms with Crippen LogP contribution in [0.4, 0.5) is 0 Å². The van der Waals surface area contributed by atoms with Crippen molar-refractivity contribution >= 4 is 36.9 Å². The average molecular weight is 476 g/mol. The number of thiophene rings is 1. The third kappa shape index (κ3) is 2.07. The van der Waals surface area contributed by atoms with Gasteiger partial charge in [-0.1, -0.05) is 0 Å². The standard InChI is InChI=1S/C18H16N2S.W/c1-4-20-16-9-11(2)21-18(16)12(3)17(20)14-5-6-15-13(10-14)7-8-19-15;/h1,5-10,19H,4H2,2-3H3;. The van der Waals surface area contributed by atoms with Gasteiger partial charge in [0, 0.05) is 0 Å². The SMILES string of the molecule is Cc1cc2c(s1)c(C)c(-c1ccc3[nH]ccc3c1)n2C[CH]=[W]. The maximum absolute atomic E-state index is 3.27. The molecule has 0 unspecified atom stereocenters. The fraction of sp³-hybridized carbons (Fsp3) is 0.167. The van der Waals surface area contributed by atoms with Gasteiger partial charge in [0.15, 0.2) is 0 Å². The van der Waals surface area contributed by atoms with Crippen LogP contribution in [0.2, 0.25) is 0 Å². The van der Waals surface area contributed by atoms with Gasteiger partial charge in [0.1, 0.15) is 0 Å². The van der Waals surface area contributed by atoms with Crippen LogP contribution in [0, 0.1) is 13.8 Å². The van der Waals surface area contributed by atoms with Crippen LogP contribution < -0.4 is 0 Å². The van der Waals surface area contributed by atoms with Crippen molar-refractivity contribution in [2.45, 2.75) is 20.4 Å². The van der Waals surface area contributed by atoms with Crippen molar-refractivity contribution in [3.8, 4) is 11.3 Å². The number of benzene rings is 1. The Bertz CT molecular complexity index is 1000. The Morgan fingerprint density at radius 1 is 1.23 bits per heavy atom. The topological polar surface area (TPSA) is 20.7 Å². The van der Waals surface area contributed by atoms with E-state index in [1.54, 1.807) is 0 Å². The molecular weight excluding hydrogens is 460 g/mol. The Morgan fingerprint density at radius 3 is 2.91 bits per heavy atom. The Morgan fingerprint density at radius 2 is 2.09 bits per heavy atom. The molecule has 0 atom stereocenters. The Labute approximate surface area is 144 Å². The predicted molar refractivity (Wildman–Crippen MR) is 92.6 cm³/mol. The van der Waals surface area contributed by atoms with E-state index in [0.29, 0.717) is 0 Å². The van der Waals surface area contributed by atoms with Gasteiger partial charge >= 0.3 is 144 Å². The third-order valence-electron chi connectivity index (χ3n) is 4.18. The van der Waals surface area contributed by atoms with Gasteiger partial charge in [-0.3, -0.25) is 0 Å². The first-order chi connectivity index (χ1) is 10.7. The van der Waals surface area contributed by atoms with Crippen molar-refractivity contribution in [3.05, 3.63) is 47.0 Å². The van der Waals surface area contributed by atoms with Gasteiger partial charge in [0.25, 0.3) is 0 Å². The molecule has 0 aliphatic carbocycles. The Kier molecular flexibility index (Phi) is 3.43. The number of aromatic amines is 1. The average Bonchev–Trinajstić information content (AvgIpc) is 3.16. The number of nitrogens with zero attached hydrogens (tertiary/aromatic N) is 1. The number of H-pyrrole nitrogens is 1. The molecule has 0 spiro atoms. The monoisotopic (exact) mass is 476 g/mol. The molecule has 0 bridgehead atoms. The first-order valence-corrected chi connectivity index (χ1v) is 9.80. The zero-order valence-corrected chi connectivity index (χ0v) is 16.3. The van der Waals surface area contributed by atoms with Gasteiger partial charge in [0.2, 0.25) is 0 Å². The molecule has 0 saturated carbocycles. The molecule has 4 aromatic rings. The summed E-state index contributed by atoms with van der Waals surface area (Å²) in [6.07, 6.45) is 2.01. The molecule has 0 aliphatic rings. The molecule has 1 N–H and O–H groups in total. The van der Waals surface area contributed by atoms with Crippen LogP contribution in [-0.2, 0) is 25.9 Å². The van der Waals surface area contributed by atoms with E-state index in [0.717, 1.165) is 6.54 Å². The zero-order chi connectivity index (χ0) is 15.3. The molecular formula is C18H16N2SW. The predicted octanol–water partition coefficient (Wildman–Crippen LogP) is 4.82. The van der Waals surface area contributed by atoms with Crippen molar-refractivity contribution in [2.75, 3.05) is 0 Å². The van der Waals surface area contributed by atoms with Crippen molar-refractivity contribution in [1.29, 1.82) is 0 Å². The number of aromatic nitrogens is 2. The minimum atomic E-state index is 0.982. The second kappa shape index (κ2) is 5.33. The van der Waals surface area contributed by atoms with E-state index < -0.39 is 0 Å². The molecule has 0 amide bonds. The van der Waals surface area contributed by atoms with Gasteiger partial charge in [-0.2, -0.15) is 0 Å². The third-order valence-corrected chi connectivity index (χ3v) is 5.87. The van der Waals surface area contributed by atoms with E-state index in [4.69, 9.17) is 0 Å². The van der Waals surface area contributed by atoms with Crippen LogP contribution >= 0.6 is 11.3 Å². The van der Waals surface area contributed by atoms with Crippen LogP contribution in [-0.4, -0.2) is 14.0 Å². The van der Waals surface area contributed by atoms with E-state index in [-0.39, 0.29) is 0 Å². The normalized spacial score (nSPS) is 11.5. The zero-order valence-electron chi connectivity index (χ0n) is 12.5. The first-order valence-electron chi connectivity index (χ1n) is 7.29. The summed E-state index contributed by atoms with van der Waals surface area (Å²) in [7, 11) is 0. The van der Waals surface area contributed by atoms with E-state index in [1.165, 1.54) is 62.2 Å². The summed E-state index contributed by atoms with van der Waals surface area (Å²) in [5.74, 6) is 0. The van der Waals surface area contributed by atoms with Gasteiger partial charge in [0.05, 0.1) is 0 Å². The Hall–Kier alpha value is -1.44. The number of hydrogen-bond acceptors (Lipinski definition) is 1. The molecule has 4 rings (SSSR count). The van der Waals surface area contributed by atoms with E-state index in [2.05, 4.69) is 58.1 Å². The van der Waals surface area contributed by atoms with Gasteiger partial charge in [-0.25, -0.2) is 0 Å². The fourth-order valence-corrected chi connectivity index (χ4v) is 4.79. The van der Waals surface area contributed by atoms with Crippen LogP contribution in [0.25, 0.3) is 32.4 Å². The minimum absolute atomic E-state index is 0.982. The number of hydrogen-bond donors (Lipinski definition) is 1. The molecule has 0 saturated heterocycles. The fourth-order valence-electron chi connectivity index (χ4n) is 3.24. The molecule has 3 heterocycles. The number of aryl methyl sites for hydroxylation is 2. The molecule has 1 aromatic carbocycles. The quantitative estimate of drug-likeness (QED) is 0.438. The van der Waals surface area contributed by atoms with Crippen LogP contribution in [0.15, 0.2) is 36.5 Å². The summed E-state index contributed by atoms with van der Waals surface area (Å²) in [4.78, 5) is 4.66. The van der Waals surface area contributed by atoms with Crippen molar-refractivity contribution < 1.29 is 19.4 Å². The summed E-state index contributed by atoms with van der Waals surface area (Å²) < 4.78 is 6.21. The Balaban J connectivity index is 2.03.